The zero-order valence-electron chi connectivity index (χ0n) is 12.6. The monoisotopic (exact) mass is 308 g/mol. The van der Waals surface area contributed by atoms with Crippen LogP contribution in [0.25, 0.3) is 0 Å². The van der Waals surface area contributed by atoms with Crippen molar-refractivity contribution in [2.45, 2.75) is 38.6 Å². The van der Waals surface area contributed by atoms with E-state index >= 15 is 0 Å². The van der Waals surface area contributed by atoms with Gasteiger partial charge in [0.2, 0.25) is 10.0 Å². The van der Waals surface area contributed by atoms with Crippen LogP contribution in [0.15, 0.2) is 24.3 Å². The maximum atomic E-state index is 12.7. The summed E-state index contributed by atoms with van der Waals surface area (Å²) in [5.74, 6) is 0.604. The van der Waals surface area contributed by atoms with Crippen molar-refractivity contribution in [1.82, 2.24) is 5.32 Å². The van der Waals surface area contributed by atoms with E-state index in [-0.39, 0.29) is 5.75 Å². The molecule has 0 radical (unpaired) electrons. The summed E-state index contributed by atoms with van der Waals surface area (Å²) >= 11 is 0. The molecule has 1 aliphatic heterocycles. The Hall–Kier alpha value is -1.07. The van der Waals surface area contributed by atoms with Gasteiger partial charge in [-0.15, -0.1) is 0 Å². The van der Waals surface area contributed by atoms with Gasteiger partial charge in [-0.05, 0) is 49.8 Å². The van der Waals surface area contributed by atoms with Crippen LogP contribution in [0.1, 0.15) is 31.7 Å². The zero-order valence-corrected chi connectivity index (χ0v) is 13.4. The van der Waals surface area contributed by atoms with Crippen molar-refractivity contribution < 1.29 is 8.42 Å². The molecule has 0 spiro atoms. The molecule has 116 valence electrons. The first-order valence-corrected chi connectivity index (χ1v) is 9.49. The predicted octanol–water partition coefficient (Wildman–Crippen LogP) is 2.16. The predicted molar refractivity (Wildman–Crippen MR) is 86.1 cm³/mol. The highest BCUT2D eigenvalue weighted by Gasteiger charge is 2.30. The Morgan fingerprint density at radius 3 is 2.81 bits per heavy atom. The van der Waals surface area contributed by atoms with E-state index in [0.717, 1.165) is 24.2 Å². The van der Waals surface area contributed by atoms with Crippen molar-refractivity contribution >= 4 is 15.7 Å². The minimum atomic E-state index is -3.21. The van der Waals surface area contributed by atoms with Gasteiger partial charge in [0.05, 0.1) is 11.4 Å². The SMILES string of the molecule is CC1Cc2ccccc2N(S(=O)(=O)CCCNC2CC2)C1. The van der Waals surface area contributed by atoms with Crippen molar-refractivity contribution in [2.75, 3.05) is 23.1 Å². The first-order chi connectivity index (χ1) is 10.1. The van der Waals surface area contributed by atoms with Gasteiger partial charge in [0.15, 0.2) is 0 Å². The summed E-state index contributed by atoms with van der Waals surface area (Å²) in [5.41, 5.74) is 2.03. The minimum absolute atomic E-state index is 0.230. The quantitative estimate of drug-likeness (QED) is 0.819. The summed E-state index contributed by atoms with van der Waals surface area (Å²) in [5, 5.41) is 3.38. The average Bonchev–Trinajstić information content (AvgIpc) is 3.27. The summed E-state index contributed by atoms with van der Waals surface area (Å²) in [6.07, 6.45) is 4.13. The van der Waals surface area contributed by atoms with Crippen molar-refractivity contribution in [2.24, 2.45) is 5.92 Å². The second kappa shape index (κ2) is 5.97. The maximum absolute atomic E-state index is 12.7. The molecule has 1 heterocycles. The van der Waals surface area contributed by atoms with E-state index in [1.54, 1.807) is 4.31 Å². The van der Waals surface area contributed by atoms with Crippen molar-refractivity contribution in [1.29, 1.82) is 0 Å². The second-order valence-electron chi connectivity index (χ2n) is 6.37. The molecule has 2 aliphatic rings. The van der Waals surface area contributed by atoms with Crippen LogP contribution in [-0.2, 0) is 16.4 Å². The van der Waals surface area contributed by atoms with Crippen LogP contribution < -0.4 is 9.62 Å². The Bertz CT molecular complexity index is 596. The number of nitrogens with zero attached hydrogens (tertiary/aromatic N) is 1. The minimum Gasteiger partial charge on any atom is -0.314 e. The van der Waals surface area contributed by atoms with Gasteiger partial charge in [0.25, 0.3) is 0 Å². The molecule has 0 saturated heterocycles. The highest BCUT2D eigenvalue weighted by atomic mass is 32.2. The van der Waals surface area contributed by atoms with Crippen molar-refractivity contribution in [3.63, 3.8) is 0 Å². The zero-order chi connectivity index (χ0) is 14.9. The standard InChI is InChI=1S/C16H24N2O2S/c1-13-11-14-5-2-3-6-16(14)18(12-13)21(19,20)10-4-9-17-15-7-8-15/h2-3,5-6,13,15,17H,4,7-12H2,1H3. The first kappa shape index (κ1) is 14.9. The van der Waals surface area contributed by atoms with Gasteiger partial charge in [-0.1, -0.05) is 25.1 Å². The molecule has 1 aromatic rings. The molecule has 0 bridgehead atoms. The van der Waals surface area contributed by atoms with E-state index in [1.807, 2.05) is 24.3 Å². The van der Waals surface area contributed by atoms with Crippen LogP contribution in [0.4, 0.5) is 5.69 Å². The lowest BCUT2D eigenvalue weighted by Gasteiger charge is -2.34. The lowest BCUT2D eigenvalue weighted by atomic mass is 9.96. The fourth-order valence-corrected chi connectivity index (χ4v) is 4.66. The topological polar surface area (TPSA) is 49.4 Å². The van der Waals surface area contributed by atoms with Crippen LogP contribution >= 0.6 is 0 Å². The number of benzene rings is 1. The van der Waals surface area contributed by atoms with E-state index in [4.69, 9.17) is 0 Å². The summed E-state index contributed by atoms with van der Waals surface area (Å²) in [6.45, 7) is 3.53. The van der Waals surface area contributed by atoms with Crippen LogP contribution in [0.2, 0.25) is 0 Å². The number of fused-ring (bicyclic) bond motifs is 1. The molecular formula is C16H24N2O2S. The van der Waals surface area contributed by atoms with Gasteiger partial charge in [-0.2, -0.15) is 0 Å². The Morgan fingerprint density at radius 2 is 2.05 bits per heavy atom. The van der Waals surface area contributed by atoms with Crippen LogP contribution in [0, 0.1) is 5.92 Å². The third kappa shape index (κ3) is 3.58. The number of rotatable bonds is 6. The average molecular weight is 308 g/mol. The van der Waals surface area contributed by atoms with Gasteiger partial charge in [0.1, 0.15) is 0 Å². The fourth-order valence-electron chi connectivity index (χ4n) is 2.97. The number of anilines is 1. The lowest BCUT2D eigenvalue weighted by Crippen LogP contribution is -2.40. The Kier molecular flexibility index (Phi) is 4.22. The Balaban J connectivity index is 1.68. The highest BCUT2D eigenvalue weighted by Crippen LogP contribution is 2.31. The molecule has 0 amide bonds. The van der Waals surface area contributed by atoms with Gasteiger partial charge in [0, 0.05) is 12.6 Å². The van der Waals surface area contributed by atoms with Crippen LogP contribution in [0.3, 0.4) is 0 Å². The number of nitrogens with one attached hydrogen (secondary N) is 1. The molecule has 1 unspecified atom stereocenters. The van der Waals surface area contributed by atoms with Crippen molar-refractivity contribution in [3.8, 4) is 0 Å². The summed E-state index contributed by atoms with van der Waals surface area (Å²) in [6, 6.07) is 8.53. The molecular weight excluding hydrogens is 284 g/mol. The second-order valence-corrected chi connectivity index (χ2v) is 8.38. The number of hydrogen-bond donors (Lipinski definition) is 1. The third-order valence-electron chi connectivity index (χ3n) is 4.23. The number of para-hydroxylation sites is 1. The van der Waals surface area contributed by atoms with E-state index in [0.29, 0.717) is 24.9 Å². The van der Waals surface area contributed by atoms with Gasteiger partial charge in [-0.3, -0.25) is 4.31 Å². The molecule has 0 aromatic heterocycles. The third-order valence-corrected chi connectivity index (χ3v) is 6.05. The van der Waals surface area contributed by atoms with Crippen LogP contribution in [-0.4, -0.2) is 33.3 Å². The summed E-state index contributed by atoms with van der Waals surface area (Å²) < 4.78 is 26.9. The molecule has 1 N–H and O–H groups in total. The number of sulfonamides is 1. The molecule has 1 atom stereocenters. The normalized spacial score (nSPS) is 22.1. The summed E-state index contributed by atoms with van der Waals surface area (Å²) in [7, 11) is -3.21. The Morgan fingerprint density at radius 1 is 1.29 bits per heavy atom. The van der Waals surface area contributed by atoms with Crippen LogP contribution in [0.5, 0.6) is 0 Å². The van der Waals surface area contributed by atoms with Gasteiger partial charge >= 0.3 is 0 Å². The van der Waals surface area contributed by atoms with E-state index < -0.39 is 10.0 Å². The molecule has 1 fully saturated rings. The van der Waals surface area contributed by atoms with Gasteiger partial charge < -0.3 is 5.32 Å². The van der Waals surface area contributed by atoms with Crippen molar-refractivity contribution in [3.05, 3.63) is 29.8 Å². The summed E-state index contributed by atoms with van der Waals surface area (Å²) in [4.78, 5) is 0. The molecule has 1 aliphatic carbocycles. The lowest BCUT2D eigenvalue weighted by molar-refractivity contribution is 0.542. The van der Waals surface area contributed by atoms with E-state index in [9.17, 15) is 8.42 Å². The molecule has 4 nitrogen and oxygen atoms in total. The van der Waals surface area contributed by atoms with E-state index in [2.05, 4.69) is 12.2 Å². The maximum Gasteiger partial charge on any atom is 0.235 e. The van der Waals surface area contributed by atoms with E-state index in [1.165, 1.54) is 12.8 Å². The fraction of sp³-hybridized carbons (Fsp3) is 0.625. The highest BCUT2D eigenvalue weighted by molar-refractivity contribution is 7.92. The number of hydrogen-bond acceptors (Lipinski definition) is 3. The largest absolute Gasteiger partial charge is 0.314 e. The smallest absolute Gasteiger partial charge is 0.235 e. The molecule has 3 rings (SSSR count). The first-order valence-electron chi connectivity index (χ1n) is 7.88. The molecule has 1 aromatic carbocycles. The molecule has 5 heteroatoms. The molecule has 1 saturated carbocycles. The molecule has 21 heavy (non-hydrogen) atoms. The Labute approximate surface area is 127 Å². The van der Waals surface area contributed by atoms with Gasteiger partial charge in [-0.25, -0.2) is 8.42 Å².